The SMILES string of the molecule is COc1c(C)ccccc(C)c(C2CC(O)CC(CO)O2)cc1Cc1cc2ccccc2s1. The van der Waals surface area contributed by atoms with E-state index in [4.69, 9.17) is 9.47 Å². The van der Waals surface area contributed by atoms with Crippen molar-refractivity contribution in [3.63, 3.8) is 0 Å². The molecule has 1 aromatic heterocycles. The van der Waals surface area contributed by atoms with E-state index in [0.29, 0.717) is 12.8 Å². The summed E-state index contributed by atoms with van der Waals surface area (Å²) >= 11 is 1.80. The number of aliphatic hydroxyl groups is 2. The number of aryl methyl sites for hydroxylation is 2. The smallest absolute Gasteiger partial charge is 0.125 e. The minimum absolute atomic E-state index is 0.0981. The van der Waals surface area contributed by atoms with Crippen LogP contribution in [-0.4, -0.2) is 36.1 Å². The van der Waals surface area contributed by atoms with E-state index < -0.39 is 6.10 Å². The van der Waals surface area contributed by atoms with Gasteiger partial charge in [-0.05, 0) is 59.7 Å². The van der Waals surface area contributed by atoms with Gasteiger partial charge < -0.3 is 19.7 Å². The van der Waals surface area contributed by atoms with Gasteiger partial charge in [0.25, 0.3) is 0 Å². The van der Waals surface area contributed by atoms with E-state index in [1.165, 1.54) is 15.0 Å². The summed E-state index contributed by atoms with van der Waals surface area (Å²) in [5, 5.41) is 21.4. The van der Waals surface area contributed by atoms with Gasteiger partial charge in [-0.15, -0.1) is 11.3 Å². The Kier molecular flexibility index (Phi) is 7.66. The minimum atomic E-state index is -0.501. The molecular formula is C28H32O4S. The van der Waals surface area contributed by atoms with Crippen molar-refractivity contribution in [1.29, 1.82) is 0 Å². The Labute approximate surface area is 199 Å². The molecule has 0 bridgehead atoms. The molecule has 1 saturated heterocycles. The van der Waals surface area contributed by atoms with E-state index in [9.17, 15) is 10.2 Å². The number of methoxy groups -OCH3 is 1. The van der Waals surface area contributed by atoms with Gasteiger partial charge in [0.05, 0.1) is 32.0 Å². The molecule has 3 atom stereocenters. The van der Waals surface area contributed by atoms with Crippen molar-refractivity contribution in [1.82, 2.24) is 0 Å². The van der Waals surface area contributed by atoms with Crippen molar-refractivity contribution in [3.05, 3.63) is 87.8 Å². The molecule has 0 radical (unpaired) electrons. The molecule has 0 amide bonds. The number of thiophene rings is 1. The number of fused-ring (bicyclic) bond motifs is 1. The second-order valence-electron chi connectivity index (χ2n) is 8.72. The molecule has 174 valence electrons. The van der Waals surface area contributed by atoms with Gasteiger partial charge in [0.2, 0.25) is 0 Å². The van der Waals surface area contributed by atoms with Crippen LogP contribution in [0.4, 0.5) is 0 Å². The zero-order valence-electron chi connectivity index (χ0n) is 19.5. The third kappa shape index (κ3) is 5.56. The predicted molar refractivity (Wildman–Crippen MR) is 135 cm³/mol. The maximum absolute atomic E-state index is 10.5. The van der Waals surface area contributed by atoms with Crippen LogP contribution < -0.4 is 4.74 Å². The Morgan fingerprint density at radius 1 is 1.00 bits per heavy atom. The summed E-state index contributed by atoms with van der Waals surface area (Å²) in [5.74, 6) is 0.847. The number of rotatable bonds is 5. The van der Waals surface area contributed by atoms with Crippen molar-refractivity contribution in [2.24, 2.45) is 0 Å². The summed E-state index contributed by atoms with van der Waals surface area (Å²) in [7, 11) is 1.71. The standard InChI is InChI=1S/C28H32O4S/c1-18-8-4-5-9-19(2)28(31-3)21(13-24-12-20-10-6-7-11-27(20)33-24)14-25(18)26-16-22(30)15-23(17-29)32-26/h4-12,14,22-23,26,29-30H,13,15-17H2,1-3H3. The maximum atomic E-state index is 10.5. The zero-order chi connectivity index (χ0) is 23.4. The molecule has 2 N–H and O–H groups in total. The Morgan fingerprint density at radius 3 is 2.45 bits per heavy atom. The Bertz CT molecular complexity index is 1130. The summed E-state index contributed by atoms with van der Waals surface area (Å²) < 4.78 is 13.4. The molecule has 3 aromatic rings. The monoisotopic (exact) mass is 464 g/mol. The average molecular weight is 465 g/mol. The number of hydrogen-bond acceptors (Lipinski definition) is 5. The number of hydrogen-bond donors (Lipinski definition) is 2. The summed E-state index contributed by atoms with van der Waals surface area (Å²) in [5.41, 5.74) is 4.20. The topological polar surface area (TPSA) is 58.9 Å². The first-order valence-corrected chi connectivity index (χ1v) is 12.2. The molecule has 2 aromatic carbocycles. The molecule has 4 nitrogen and oxygen atoms in total. The quantitative estimate of drug-likeness (QED) is 0.500. The van der Waals surface area contributed by atoms with Crippen molar-refractivity contribution < 1.29 is 19.7 Å². The first kappa shape index (κ1) is 23.7. The van der Waals surface area contributed by atoms with Crippen LogP contribution in [-0.2, 0) is 11.2 Å². The lowest BCUT2D eigenvalue weighted by Crippen LogP contribution is -2.33. The molecule has 0 spiro atoms. The molecule has 1 aliphatic rings. The van der Waals surface area contributed by atoms with Crippen LogP contribution in [0.5, 0.6) is 5.75 Å². The largest absolute Gasteiger partial charge is 0.496 e. The fraction of sp³-hybridized carbons (Fsp3) is 0.357. The highest BCUT2D eigenvalue weighted by Gasteiger charge is 2.29. The van der Waals surface area contributed by atoms with E-state index in [0.717, 1.165) is 34.4 Å². The first-order chi connectivity index (χ1) is 16.0. The molecule has 0 aliphatic carbocycles. The summed E-state index contributed by atoms with van der Waals surface area (Å²) in [4.78, 5) is 1.26. The van der Waals surface area contributed by atoms with Gasteiger partial charge in [-0.2, -0.15) is 0 Å². The Morgan fingerprint density at radius 2 is 1.73 bits per heavy atom. The molecule has 2 heterocycles. The van der Waals surface area contributed by atoms with Gasteiger partial charge in [-0.25, -0.2) is 0 Å². The maximum Gasteiger partial charge on any atom is 0.125 e. The number of aliphatic hydroxyl groups excluding tert-OH is 2. The molecule has 5 heteroatoms. The average Bonchev–Trinajstić information content (AvgIpc) is 3.21. The number of benzene rings is 1. The van der Waals surface area contributed by atoms with Crippen LogP contribution in [0.2, 0.25) is 0 Å². The molecule has 3 unspecified atom stereocenters. The number of ether oxygens (including phenoxy) is 2. The minimum Gasteiger partial charge on any atom is -0.496 e. The third-order valence-electron chi connectivity index (χ3n) is 6.21. The van der Waals surface area contributed by atoms with Crippen molar-refractivity contribution in [2.45, 2.75) is 51.4 Å². The molecule has 1 aliphatic heterocycles. The highest BCUT2D eigenvalue weighted by atomic mass is 32.1. The second-order valence-corrected chi connectivity index (χ2v) is 9.89. The molecule has 33 heavy (non-hydrogen) atoms. The second kappa shape index (κ2) is 10.7. The molecular weight excluding hydrogens is 432 g/mol. The summed E-state index contributed by atoms with van der Waals surface area (Å²) in [6, 6.07) is 21.0. The Balaban J connectivity index is 1.88. The van der Waals surface area contributed by atoms with Crippen LogP contribution in [0.25, 0.3) is 10.1 Å². The summed E-state index contributed by atoms with van der Waals surface area (Å²) in [6.45, 7) is 4.03. The lowest BCUT2D eigenvalue weighted by atomic mass is 9.93. The van der Waals surface area contributed by atoms with Gasteiger partial charge >= 0.3 is 0 Å². The van der Waals surface area contributed by atoms with Gasteiger partial charge in [0, 0.05) is 28.8 Å². The fourth-order valence-electron chi connectivity index (χ4n) is 4.58. The van der Waals surface area contributed by atoms with Crippen LogP contribution >= 0.6 is 11.3 Å². The van der Waals surface area contributed by atoms with Gasteiger partial charge in [0.1, 0.15) is 5.75 Å². The molecule has 0 saturated carbocycles. The first-order valence-electron chi connectivity index (χ1n) is 11.4. The predicted octanol–water partition coefficient (Wildman–Crippen LogP) is 5.82. The third-order valence-corrected chi connectivity index (χ3v) is 7.33. The van der Waals surface area contributed by atoms with Gasteiger partial charge in [-0.1, -0.05) is 42.5 Å². The van der Waals surface area contributed by atoms with Crippen molar-refractivity contribution >= 4 is 21.4 Å². The van der Waals surface area contributed by atoms with E-state index in [1.54, 1.807) is 18.4 Å². The lowest BCUT2D eigenvalue weighted by Gasteiger charge is -2.33. The van der Waals surface area contributed by atoms with E-state index in [1.807, 2.05) is 12.1 Å². The fourth-order valence-corrected chi connectivity index (χ4v) is 5.67. The Hall–Kier alpha value is -2.44. The normalized spacial score (nSPS) is 20.5. The molecule has 4 rings (SSSR count). The van der Waals surface area contributed by atoms with E-state index >= 15 is 0 Å². The van der Waals surface area contributed by atoms with E-state index in [-0.39, 0.29) is 18.8 Å². The van der Waals surface area contributed by atoms with Crippen LogP contribution in [0.15, 0.2) is 60.7 Å². The molecule has 1 fully saturated rings. The van der Waals surface area contributed by atoms with Crippen LogP contribution in [0.1, 0.15) is 46.1 Å². The van der Waals surface area contributed by atoms with Crippen LogP contribution in [0.3, 0.4) is 0 Å². The van der Waals surface area contributed by atoms with Crippen molar-refractivity contribution in [3.8, 4) is 5.75 Å². The van der Waals surface area contributed by atoms with Crippen LogP contribution in [0, 0.1) is 13.8 Å². The highest BCUT2D eigenvalue weighted by molar-refractivity contribution is 7.19. The van der Waals surface area contributed by atoms with Gasteiger partial charge in [-0.3, -0.25) is 0 Å². The highest BCUT2D eigenvalue weighted by Crippen LogP contribution is 2.36. The zero-order valence-corrected chi connectivity index (χ0v) is 20.3. The van der Waals surface area contributed by atoms with Crippen molar-refractivity contribution in [2.75, 3.05) is 13.7 Å². The summed E-state index contributed by atoms with van der Waals surface area (Å²) in [6.07, 6.45) is 0.529. The lowest BCUT2D eigenvalue weighted by molar-refractivity contribution is -0.114. The van der Waals surface area contributed by atoms with Gasteiger partial charge in [0.15, 0.2) is 0 Å². The van der Waals surface area contributed by atoms with E-state index in [2.05, 4.69) is 62.4 Å².